The van der Waals surface area contributed by atoms with E-state index in [9.17, 15) is 4.79 Å². The van der Waals surface area contributed by atoms with Crippen molar-refractivity contribution < 1.29 is 19.1 Å². The number of carbonyl (C=O) groups is 1. The van der Waals surface area contributed by atoms with Gasteiger partial charge in [0.25, 0.3) is 0 Å². The third-order valence-electron chi connectivity index (χ3n) is 3.69. The topological polar surface area (TPSA) is 72.6 Å². The zero-order valence-electron chi connectivity index (χ0n) is 14.2. The van der Waals surface area contributed by atoms with Gasteiger partial charge in [-0.1, -0.05) is 24.1 Å². The molecular weight excluding hydrogens is 330 g/mol. The van der Waals surface area contributed by atoms with Crippen LogP contribution < -0.4 is 4.74 Å². The van der Waals surface area contributed by atoms with Gasteiger partial charge in [-0.25, -0.2) is 9.78 Å². The Morgan fingerprint density at radius 1 is 1.15 bits per heavy atom. The molecule has 0 saturated carbocycles. The number of hydrogen-bond donors (Lipinski definition) is 1. The largest absolute Gasteiger partial charge is 0.493 e. The van der Waals surface area contributed by atoms with Crippen LogP contribution in [0.4, 0.5) is 0 Å². The summed E-state index contributed by atoms with van der Waals surface area (Å²) in [6, 6.07) is 16.7. The summed E-state index contributed by atoms with van der Waals surface area (Å²) in [5.74, 6) is 5.56. The number of rotatable bonds is 5. The second-order valence-corrected chi connectivity index (χ2v) is 5.57. The molecular formula is C21H17NO4. The Labute approximate surface area is 151 Å². The molecule has 0 spiro atoms. The predicted octanol–water partition coefficient (Wildman–Crippen LogP) is 3.71. The summed E-state index contributed by atoms with van der Waals surface area (Å²) >= 11 is 0. The highest BCUT2D eigenvalue weighted by Crippen LogP contribution is 2.22. The van der Waals surface area contributed by atoms with Crippen molar-refractivity contribution in [3.8, 4) is 29.0 Å². The lowest BCUT2D eigenvalue weighted by Crippen LogP contribution is -2.02. The maximum Gasteiger partial charge on any atom is 0.382 e. The molecule has 0 aliphatic rings. The number of ether oxygens (including phenoxy) is 1. The summed E-state index contributed by atoms with van der Waals surface area (Å²) in [5, 5.41) is 8.54. The van der Waals surface area contributed by atoms with E-state index in [1.54, 1.807) is 24.3 Å². The first-order chi connectivity index (χ1) is 12.6. The monoisotopic (exact) mass is 347 g/mol. The molecule has 1 N–H and O–H groups in total. The van der Waals surface area contributed by atoms with E-state index in [-0.39, 0.29) is 0 Å². The fourth-order valence-corrected chi connectivity index (χ4v) is 2.39. The maximum absolute atomic E-state index is 10.4. The van der Waals surface area contributed by atoms with E-state index < -0.39 is 5.97 Å². The molecule has 0 bridgehead atoms. The van der Waals surface area contributed by atoms with Crippen molar-refractivity contribution in [2.45, 2.75) is 13.3 Å². The van der Waals surface area contributed by atoms with Crippen LogP contribution >= 0.6 is 0 Å². The van der Waals surface area contributed by atoms with Gasteiger partial charge in [0.1, 0.15) is 11.5 Å². The van der Waals surface area contributed by atoms with Gasteiger partial charge in [-0.2, -0.15) is 0 Å². The van der Waals surface area contributed by atoms with Gasteiger partial charge < -0.3 is 14.3 Å². The Balaban J connectivity index is 1.58. The summed E-state index contributed by atoms with van der Waals surface area (Å²) in [6.07, 6.45) is 0.628. The van der Waals surface area contributed by atoms with Crippen molar-refractivity contribution in [3.63, 3.8) is 0 Å². The molecule has 0 radical (unpaired) electrons. The first-order valence-electron chi connectivity index (χ1n) is 8.11. The Morgan fingerprint density at radius 3 is 2.58 bits per heavy atom. The lowest BCUT2D eigenvalue weighted by Gasteiger charge is -2.05. The molecule has 0 amide bonds. The summed E-state index contributed by atoms with van der Waals surface area (Å²) < 4.78 is 11.4. The lowest BCUT2D eigenvalue weighted by molar-refractivity contribution is -0.130. The van der Waals surface area contributed by atoms with Gasteiger partial charge in [-0.05, 0) is 43.3 Å². The highest BCUT2D eigenvalue weighted by atomic mass is 16.5. The molecule has 3 rings (SSSR count). The van der Waals surface area contributed by atoms with Crippen LogP contribution in [0.25, 0.3) is 11.5 Å². The van der Waals surface area contributed by atoms with Crippen LogP contribution in [0.5, 0.6) is 5.75 Å². The van der Waals surface area contributed by atoms with Gasteiger partial charge in [0.2, 0.25) is 5.89 Å². The highest BCUT2D eigenvalue weighted by molar-refractivity contribution is 5.87. The third-order valence-corrected chi connectivity index (χ3v) is 3.69. The minimum Gasteiger partial charge on any atom is -0.493 e. The number of aliphatic carboxylic acids is 1. The number of carboxylic acids is 1. The van der Waals surface area contributed by atoms with Crippen LogP contribution in [-0.2, 0) is 11.2 Å². The van der Waals surface area contributed by atoms with Crippen molar-refractivity contribution in [1.82, 2.24) is 4.98 Å². The Kier molecular flexibility index (Phi) is 5.35. The number of aromatic nitrogens is 1. The number of nitrogens with zero attached hydrogens (tertiary/aromatic N) is 1. The van der Waals surface area contributed by atoms with Crippen LogP contribution in [0.15, 0.2) is 59.0 Å². The van der Waals surface area contributed by atoms with E-state index in [1.165, 1.54) is 0 Å². The molecule has 5 heteroatoms. The van der Waals surface area contributed by atoms with Gasteiger partial charge in [0.05, 0.1) is 12.3 Å². The molecule has 2 aromatic carbocycles. The van der Waals surface area contributed by atoms with E-state index in [0.29, 0.717) is 30.2 Å². The lowest BCUT2D eigenvalue weighted by atomic mass is 10.2. The SMILES string of the molecule is Cc1oc(-c2ccccc2)nc1CCOc1ccc(C#CC(=O)O)cc1. The molecule has 130 valence electrons. The number of benzene rings is 2. The Bertz CT molecular complexity index is 947. The average molecular weight is 347 g/mol. The molecule has 0 unspecified atom stereocenters. The standard InChI is InChI=1S/C21H17NO4/c1-15-19(22-21(26-15)17-5-3-2-4-6-17)13-14-25-18-10-7-16(8-11-18)9-12-20(23)24/h2-8,10-11H,13-14H2,1H3,(H,23,24). The fraction of sp³-hybridized carbons (Fsp3) is 0.143. The molecule has 0 aliphatic carbocycles. The van der Waals surface area contributed by atoms with Crippen molar-refractivity contribution in [2.24, 2.45) is 0 Å². The summed E-state index contributed by atoms with van der Waals surface area (Å²) in [4.78, 5) is 15.0. The zero-order valence-corrected chi connectivity index (χ0v) is 14.2. The van der Waals surface area contributed by atoms with Crippen LogP contribution in [0.3, 0.4) is 0 Å². The molecule has 3 aromatic rings. The predicted molar refractivity (Wildman–Crippen MR) is 96.8 cm³/mol. The number of hydrogen-bond acceptors (Lipinski definition) is 4. The van der Waals surface area contributed by atoms with E-state index in [2.05, 4.69) is 16.8 Å². The van der Waals surface area contributed by atoms with E-state index in [0.717, 1.165) is 17.0 Å². The Hall–Kier alpha value is -3.52. The zero-order chi connectivity index (χ0) is 18.4. The van der Waals surface area contributed by atoms with E-state index in [1.807, 2.05) is 37.3 Å². The second-order valence-electron chi connectivity index (χ2n) is 5.57. The minimum atomic E-state index is -1.15. The van der Waals surface area contributed by atoms with Crippen LogP contribution in [0, 0.1) is 18.8 Å². The third kappa shape index (κ3) is 4.52. The van der Waals surface area contributed by atoms with Crippen molar-refractivity contribution in [1.29, 1.82) is 0 Å². The molecule has 1 aromatic heterocycles. The Morgan fingerprint density at radius 2 is 1.88 bits per heavy atom. The van der Waals surface area contributed by atoms with Gasteiger partial charge in [-0.3, -0.25) is 0 Å². The number of aryl methyl sites for hydroxylation is 1. The molecule has 0 atom stereocenters. The van der Waals surface area contributed by atoms with Crippen molar-refractivity contribution in [3.05, 3.63) is 71.6 Å². The van der Waals surface area contributed by atoms with Gasteiger partial charge in [-0.15, -0.1) is 0 Å². The molecule has 26 heavy (non-hydrogen) atoms. The molecule has 0 fully saturated rings. The van der Waals surface area contributed by atoms with Crippen molar-refractivity contribution >= 4 is 5.97 Å². The maximum atomic E-state index is 10.4. The fourth-order valence-electron chi connectivity index (χ4n) is 2.39. The van der Waals surface area contributed by atoms with Gasteiger partial charge in [0.15, 0.2) is 0 Å². The van der Waals surface area contributed by atoms with Gasteiger partial charge >= 0.3 is 5.97 Å². The molecule has 1 heterocycles. The van der Waals surface area contributed by atoms with E-state index >= 15 is 0 Å². The summed E-state index contributed by atoms with van der Waals surface area (Å²) in [7, 11) is 0. The number of oxazole rings is 1. The van der Waals surface area contributed by atoms with Crippen LogP contribution in [0.2, 0.25) is 0 Å². The number of carboxylic acid groups (broad SMARTS) is 1. The highest BCUT2D eigenvalue weighted by Gasteiger charge is 2.11. The van der Waals surface area contributed by atoms with Crippen LogP contribution in [0.1, 0.15) is 17.0 Å². The molecule has 5 nitrogen and oxygen atoms in total. The first-order valence-corrected chi connectivity index (χ1v) is 8.11. The van der Waals surface area contributed by atoms with Gasteiger partial charge in [0, 0.05) is 23.5 Å². The quantitative estimate of drug-likeness (QED) is 0.712. The minimum absolute atomic E-state index is 0.460. The normalized spacial score (nSPS) is 10.0. The van der Waals surface area contributed by atoms with Crippen LogP contribution in [-0.4, -0.2) is 22.7 Å². The molecule has 0 saturated heterocycles. The first kappa shape index (κ1) is 17.3. The molecule has 0 aliphatic heterocycles. The summed E-state index contributed by atoms with van der Waals surface area (Å²) in [5.41, 5.74) is 2.44. The summed E-state index contributed by atoms with van der Waals surface area (Å²) in [6.45, 7) is 2.35. The van der Waals surface area contributed by atoms with E-state index in [4.69, 9.17) is 14.3 Å². The van der Waals surface area contributed by atoms with Crippen molar-refractivity contribution in [2.75, 3.05) is 6.61 Å². The average Bonchev–Trinajstić information content (AvgIpc) is 3.03. The smallest absolute Gasteiger partial charge is 0.382 e. The second kappa shape index (κ2) is 8.04.